The number of aromatic nitrogens is 4. The molecule has 0 saturated heterocycles. The third kappa shape index (κ3) is 2.93. The van der Waals surface area contributed by atoms with Crippen molar-refractivity contribution in [3.05, 3.63) is 44.1 Å². The van der Waals surface area contributed by atoms with Gasteiger partial charge in [0.2, 0.25) is 0 Å². The van der Waals surface area contributed by atoms with Gasteiger partial charge >= 0.3 is 0 Å². The Morgan fingerprint density at radius 2 is 2.24 bits per heavy atom. The summed E-state index contributed by atoms with van der Waals surface area (Å²) < 4.78 is 4.12. The van der Waals surface area contributed by atoms with E-state index in [9.17, 15) is 4.79 Å². The highest BCUT2D eigenvalue weighted by Crippen LogP contribution is 2.05. The van der Waals surface area contributed by atoms with Crippen LogP contribution < -0.4 is 5.56 Å². The molecule has 0 aliphatic heterocycles. The quantitative estimate of drug-likeness (QED) is 0.796. The topological polar surface area (TPSA) is 52.7 Å². The van der Waals surface area contributed by atoms with E-state index in [0.717, 1.165) is 9.26 Å². The van der Waals surface area contributed by atoms with E-state index in [0.29, 0.717) is 12.6 Å². The minimum Gasteiger partial charge on any atom is -0.270 e. The van der Waals surface area contributed by atoms with E-state index in [2.05, 4.69) is 46.6 Å². The SMILES string of the molecule is CC(C)n1ccc(Cn2ncc(I)cc2=O)n1. The molecule has 0 radical (unpaired) electrons. The van der Waals surface area contributed by atoms with Crippen LogP contribution in [0.15, 0.2) is 29.3 Å². The molecule has 0 unspecified atom stereocenters. The van der Waals surface area contributed by atoms with Crippen molar-refractivity contribution in [1.82, 2.24) is 19.6 Å². The van der Waals surface area contributed by atoms with Crippen LogP contribution in [-0.4, -0.2) is 19.6 Å². The number of hydrogen-bond donors (Lipinski definition) is 0. The Hall–Kier alpha value is -1.18. The van der Waals surface area contributed by atoms with Crippen LogP contribution in [0.4, 0.5) is 0 Å². The second-order valence-corrected chi connectivity index (χ2v) is 5.30. The zero-order valence-corrected chi connectivity index (χ0v) is 11.8. The largest absolute Gasteiger partial charge is 0.270 e. The first-order chi connectivity index (χ1) is 8.06. The number of halogens is 1. The summed E-state index contributed by atoms with van der Waals surface area (Å²) in [5, 5.41) is 8.46. The molecule has 2 aromatic rings. The van der Waals surface area contributed by atoms with E-state index >= 15 is 0 Å². The van der Waals surface area contributed by atoms with Gasteiger partial charge in [-0.2, -0.15) is 10.2 Å². The van der Waals surface area contributed by atoms with E-state index < -0.39 is 0 Å². The molecule has 0 saturated carbocycles. The second-order valence-electron chi connectivity index (χ2n) is 4.05. The van der Waals surface area contributed by atoms with Crippen LogP contribution >= 0.6 is 22.6 Å². The molecular weight excluding hydrogens is 331 g/mol. The average molecular weight is 344 g/mol. The van der Waals surface area contributed by atoms with Crippen LogP contribution in [0.5, 0.6) is 0 Å². The Bertz CT molecular complexity index is 573. The van der Waals surface area contributed by atoms with Gasteiger partial charge in [0.1, 0.15) is 0 Å². The van der Waals surface area contributed by atoms with Gasteiger partial charge in [0, 0.05) is 21.9 Å². The molecule has 2 rings (SSSR count). The Morgan fingerprint density at radius 3 is 2.82 bits per heavy atom. The molecule has 90 valence electrons. The summed E-state index contributed by atoms with van der Waals surface area (Å²) in [4.78, 5) is 11.6. The molecule has 2 aromatic heterocycles. The fourth-order valence-electron chi connectivity index (χ4n) is 1.43. The highest BCUT2D eigenvalue weighted by molar-refractivity contribution is 14.1. The molecule has 0 aromatic carbocycles. The summed E-state index contributed by atoms with van der Waals surface area (Å²) in [7, 11) is 0. The molecular formula is C11H13IN4O. The maximum absolute atomic E-state index is 11.6. The van der Waals surface area contributed by atoms with Crippen molar-refractivity contribution in [2.45, 2.75) is 26.4 Å². The summed E-state index contributed by atoms with van der Waals surface area (Å²) in [6.45, 7) is 4.54. The fourth-order valence-corrected chi connectivity index (χ4v) is 1.82. The van der Waals surface area contributed by atoms with Gasteiger partial charge in [0.05, 0.1) is 18.4 Å². The summed E-state index contributed by atoms with van der Waals surface area (Å²) in [5.74, 6) is 0. The molecule has 0 fully saturated rings. The van der Waals surface area contributed by atoms with Crippen LogP contribution in [-0.2, 0) is 6.54 Å². The van der Waals surface area contributed by atoms with Gasteiger partial charge in [-0.15, -0.1) is 0 Å². The lowest BCUT2D eigenvalue weighted by molar-refractivity contribution is 0.518. The van der Waals surface area contributed by atoms with Crippen molar-refractivity contribution in [3.63, 3.8) is 0 Å². The Balaban J connectivity index is 2.22. The van der Waals surface area contributed by atoms with E-state index in [-0.39, 0.29) is 5.56 Å². The number of nitrogens with zero attached hydrogens (tertiary/aromatic N) is 4. The molecule has 0 spiro atoms. The maximum Gasteiger partial charge on any atom is 0.268 e. The number of rotatable bonds is 3. The number of hydrogen-bond acceptors (Lipinski definition) is 3. The summed E-state index contributed by atoms with van der Waals surface area (Å²) in [6.07, 6.45) is 3.58. The van der Waals surface area contributed by atoms with Crippen LogP contribution in [0.1, 0.15) is 25.6 Å². The highest BCUT2D eigenvalue weighted by atomic mass is 127. The van der Waals surface area contributed by atoms with Crippen molar-refractivity contribution in [3.8, 4) is 0 Å². The first-order valence-electron chi connectivity index (χ1n) is 5.33. The Labute approximate surface area is 113 Å². The smallest absolute Gasteiger partial charge is 0.268 e. The molecule has 0 atom stereocenters. The Kier molecular flexibility index (Phi) is 3.60. The van der Waals surface area contributed by atoms with Crippen LogP contribution in [0.3, 0.4) is 0 Å². The molecule has 6 heteroatoms. The average Bonchev–Trinajstić information content (AvgIpc) is 2.71. The Morgan fingerprint density at radius 1 is 1.47 bits per heavy atom. The maximum atomic E-state index is 11.6. The molecule has 17 heavy (non-hydrogen) atoms. The van der Waals surface area contributed by atoms with Crippen molar-refractivity contribution in [1.29, 1.82) is 0 Å². The zero-order chi connectivity index (χ0) is 12.4. The van der Waals surface area contributed by atoms with Gasteiger partial charge in [0.15, 0.2) is 0 Å². The van der Waals surface area contributed by atoms with Crippen molar-refractivity contribution >= 4 is 22.6 Å². The van der Waals surface area contributed by atoms with E-state index in [4.69, 9.17) is 0 Å². The second kappa shape index (κ2) is 4.99. The van der Waals surface area contributed by atoms with Crippen molar-refractivity contribution in [2.24, 2.45) is 0 Å². The van der Waals surface area contributed by atoms with Gasteiger partial charge in [-0.1, -0.05) is 0 Å². The third-order valence-corrected chi connectivity index (χ3v) is 2.93. The van der Waals surface area contributed by atoms with E-state index in [1.165, 1.54) is 4.68 Å². The van der Waals surface area contributed by atoms with Gasteiger partial charge in [-0.05, 0) is 42.5 Å². The minimum absolute atomic E-state index is 0.101. The molecule has 5 nitrogen and oxygen atoms in total. The highest BCUT2D eigenvalue weighted by Gasteiger charge is 2.04. The normalized spacial score (nSPS) is 11.1. The van der Waals surface area contributed by atoms with Crippen LogP contribution in [0.2, 0.25) is 0 Å². The van der Waals surface area contributed by atoms with Crippen LogP contribution in [0.25, 0.3) is 0 Å². The molecule has 0 bridgehead atoms. The van der Waals surface area contributed by atoms with Gasteiger partial charge in [-0.25, -0.2) is 4.68 Å². The first kappa shape index (κ1) is 12.3. The summed E-state index contributed by atoms with van der Waals surface area (Å²) in [5.41, 5.74) is 0.741. The lowest BCUT2D eigenvalue weighted by Gasteiger charge is -2.04. The lowest BCUT2D eigenvalue weighted by Crippen LogP contribution is -2.23. The summed E-state index contributed by atoms with van der Waals surface area (Å²) in [6, 6.07) is 3.80. The molecule has 0 N–H and O–H groups in total. The van der Waals surface area contributed by atoms with Crippen molar-refractivity contribution in [2.75, 3.05) is 0 Å². The molecule has 0 amide bonds. The standard InChI is InChI=1S/C11H13IN4O/c1-8(2)15-4-3-10(14-15)7-16-11(17)5-9(12)6-13-16/h3-6,8H,7H2,1-2H3. The molecule has 2 heterocycles. The third-order valence-electron chi connectivity index (χ3n) is 2.34. The van der Waals surface area contributed by atoms with Gasteiger partial charge in [-0.3, -0.25) is 9.48 Å². The molecule has 0 aliphatic carbocycles. The molecule has 0 aliphatic rings. The van der Waals surface area contributed by atoms with Gasteiger partial charge in [0.25, 0.3) is 5.56 Å². The fraction of sp³-hybridized carbons (Fsp3) is 0.364. The van der Waals surface area contributed by atoms with Gasteiger partial charge < -0.3 is 0 Å². The predicted octanol–water partition coefficient (Wildman–Crippen LogP) is 1.67. The minimum atomic E-state index is -0.101. The van der Waals surface area contributed by atoms with Crippen LogP contribution in [0, 0.1) is 3.57 Å². The monoisotopic (exact) mass is 344 g/mol. The lowest BCUT2D eigenvalue weighted by atomic mass is 10.4. The summed E-state index contributed by atoms with van der Waals surface area (Å²) >= 11 is 2.07. The van der Waals surface area contributed by atoms with E-state index in [1.54, 1.807) is 12.3 Å². The van der Waals surface area contributed by atoms with E-state index in [1.807, 2.05) is 16.9 Å². The van der Waals surface area contributed by atoms with Crippen molar-refractivity contribution < 1.29 is 0 Å². The predicted molar refractivity (Wildman–Crippen MR) is 72.9 cm³/mol. The zero-order valence-electron chi connectivity index (χ0n) is 9.67. The first-order valence-corrected chi connectivity index (χ1v) is 6.41.